The molecule has 0 fully saturated rings. The molecular weight excluding hydrogens is 376 g/mol. The molecular formula is C21H20N2O4S. The predicted molar refractivity (Wildman–Crippen MR) is 109 cm³/mol. The zero-order valence-electron chi connectivity index (χ0n) is 15.2. The first-order valence-corrected chi connectivity index (χ1v) is 10.1. The van der Waals surface area contributed by atoms with E-state index >= 15 is 0 Å². The number of nitrogens with one attached hydrogen (secondary N) is 2. The maximum absolute atomic E-state index is 12.6. The number of anilines is 2. The van der Waals surface area contributed by atoms with E-state index < -0.39 is 15.9 Å². The van der Waals surface area contributed by atoms with Gasteiger partial charge in [0.25, 0.3) is 15.9 Å². The summed E-state index contributed by atoms with van der Waals surface area (Å²) < 4.78 is 27.8. The van der Waals surface area contributed by atoms with E-state index in [1.807, 2.05) is 19.1 Å². The molecule has 3 aromatic carbocycles. The van der Waals surface area contributed by atoms with E-state index in [9.17, 15) is 18.3 Å². The Kier molecular flexibility index (Phi) is 5.77. The molecule has 1 amide bonds. The standard InChI is InChI=1S/C21H20N2O4S/c1-15-8-10-18(11-9-15)23-28(26,27)20-7-3-5-17(13-20)21(25)22-19-6-2-4-16(12-19)14-24/h2-13,23-24H,14H2,1H3,(H,22,25). The largest absolute Gasteiger partial charge is 0.392 e. The Morgan fingerprint density at radius 3 is 2.36 bits per heavy atom. The Balaban J connectivity index is 1.80. The first-order valence-electron chi connectivity index (χ1n) is 8.58. The fourth-order valence-corrected chi connectivity index (χ4v) is 3.69. The highest BCUT2D eigenvalue weighted by Gasteiger charge is 2.16. The first kappa shape index (κ1) is 19.6. The summed E-state index contributed by atoms with van der Waals surface area (Å²) >= 11 is 0. The summed E-state index contributed by atoms with van der Waals surface area (Å²) in [6.07, 6.45) is 0. The van der Waals surface area contributed by atoms with Crippen molar-refractivity contribution in [1.82, 2.24) is 0 Å². The number of rotatable bonds is 6. The van der Waals surface area contributed by atoms with Gasteiger partial charge >= 0.3 is 0 Å². The van der Waals surface area contributed by atoms with Gasteiger partial charge in [0.05, 0.1) is 11.5 Å². The number of benzene rings is 3. The highest BCUT2D eigenvalue weighted by Crippen LogP contribution is 2.19. The minimum absolute atomic E-state index is 0.00941. The molecule has 0 saturated carbocycles. The Morgan fingerprint density at radius 1 is 0.929 bits per heavy atom. The Hall–Kier alpha value is -3.16. The van der Waals surface area contributed by atoms with Crippen molar-refractivity contribution in [2.24, 2.45) is 0 Å². The lowest BCUT2D eigenvalue weighted by atomic mass is 10.2. The number of sulfonamides is 1. The summed E-state index contributed by atoms with van der Waals surface area (Å²) in [6.45, 7) is 1.78. The molecule has 6 nitrogen and oxygen atoms in total. The van der Waals surface area contributed by atoms with E-state index in [1.165, 1.54) is 24.3 Å². The van der Waals surface area contributed by atoms with Crippen molar-refractivity contribution in [1.29, 1.82) is 0 Å². The number of amides is 1. The lowest BCUT2D eigenvalue weighted by Crippen LogP contribution is -2.16. The normalized spacial score (nSPS) is 11.1. The maximum Gasteiger partial charge on any atom is 0.261 e. The third-order valence-electron chi connectivity index (χ3n) is 4.08. The Morgan fingerprint density at radius 2 is 1.64 bits per heavy atom. The lowest BCUT2D eigenvalue weighted by molar-refractivity contribution is 0.102. The fourth-order valence-electron chi connectivity index (χ4n) is 2.59. The molecule has 0 aliphatic carbocycles. The van der Waals surface area contributed by atoms with Crippen LogP contribution in [0.5, 0.6) is 0 Å². The third kappa shape index (κ3) is 4.76. The smallest absolute Gasteiger partial charge is 0.261 e. The van der Waals surface area contributed by atoms with Crippen LogP contribution in [0, 0.1) is 6.92 Å². The summed E-state index contributed by atoms with van der Waals surface area (Å²) in [5.41, 5.74) is 2.85. The van der Waals surface area contributed by atoms with Gasteiger partial charge in [-0.3, -0.25) is 9.52 Å². The summed E-state index contributed by atoms with van der Waals surface area (Å²) in [7, 11) is -3.83. The molecule has 3 N–H and O–H groups in total. The monoisotopic (exact) mass is 396 g/mol. The molecule has 144 valence electrons. The number of hydrogen-bond donors (Lipinski definition) is 3. The number of hydrogen-bond acceptors (Lipinski definition) is 4. The number of aryl methyl sites for hydroxylation is 1. The molecule has 0 radical (unpaired) electrons. The van der Waals surface area contributed by atoms with Gasteiger partial charge in [-0.1, -0.05) is 35.9 Å². The molecule has 0 heterocycles. The van der Waals surface area contributed by atoms with E-state index in [2.05, 4.69) is 10.0 Å². The molecule has 0 aliphatic rings. The Labute approximate surface area is 163 Å². The van der Waals surface area contributed by atoms with Crippen LogP contribution in [0.25, 0.3) is 0 Å². The zero-order chi connectivity index (χ0) is 20.1. The molecule has 0 spiro atoms. The van der Waals surface area contributed by atoms with Crippen molar-refractivity contribution in [3.8, 4) is 0 Å². The highest BCUT2D eigenvalue weighted by molar-refractivity contribution is 7.92. The van der Waals surface area contributed by atoms with Crippen molar-refractivity contribution in [2.75, 3.05) is 10.0 Å². The van der Waals surface area contributed by atoms with Gasteiger partial charge in [-0.05, 0) is 55.0 Å². The van der Waals surface area contributed by atoms with Crippen LogP contribution in [0.3, 0.4) is 0 Å². The second-order valence-electron chi connectivity index (χ2n) is 6.31. The van der Waals surface area contributed by atoms with Crippen molar-refractivity contribution >= 4 is 27.3 Å². The molecule has 0 unspecified atom stereocenters. The quantitative estimate of drug-likeness (QED) is 0.594. The van der Waals surface area contributed by atoms with E-state index in [-0.39, 0.29) is 17.1 Å². The van der Waals surface area contributed by atoms with Gasteiger partial charge in [0.15, 0.2) is 0 Å². The van der Waals surface area contributed by atoms with E-state index in [1.54, 1.807) is 36.4 Å². The summed E-state index contributed by atoms with van der Waals surface area (Å²) in [5.74, 6) is -0.442. The summed E-state index contributed by atoms with van der Waals surface area (Å²) in [4.78, 5) is 12.5. The van der Waals surface area contributed by atoms with Gasteiger partial charge in [-0.25, -0.2) is 8.42 Å². The van der Waals surface area contributed by atoms with Crippen LogP contribution in [-0.4, -0.2) is 19.4 Å². The van der Waals surface area contributed by atoms with Crippen molar-refractivity contribution in [2.45, 2.75) is 18.4 Å². The van der Waals surface area contributed by atoms with Gasteiger partial charge in [0.2, 0.25) is 0 Å². The van der Waals surface area contributed by atoms with E-state index in [0.717, 1.165) is 5.56 Å². The van der Waals surface area contributed by atoms with Crippen LogP contribution < -0.4 is 10.0 Å². The number of aliphatic hydroxyl groups excluding tert-OH is 1. The number of carbonyl (C=O) groups is 1. The maximum atomic E-state index is 12.6. The molecule has 7 heteroatoms. The van der Waals surface area contributed by atoms with E-state index in [0.29, 0.717) is 16.9 Å². The topological polar surface area (TPSA) is 95.5 Å². The fraction of sp³-hybridized carbons (Fsp3) is 0.0952. The van der Waals surface area contributed by atoms with Crippen LogP contribution in [0.15, 0.2) is 77.7 Å². The molecule has 28 heavy (non-hydrogen) atoms. The van der Waals surface area contributed by atoms with Crippen molar-refractivity contribution in [3.05, 3.63) is 89.5 Å². The average Bonchev–Trinajstić information content (AvgIpc) is 2.70. The van der Waals surface area contributed by atoms with Crippen LogP contribution in [0.1, 0.15) is 21.5 Å². The van der Waals surface area contributed by atoms with Gasteiger partial charge in [0, 0.05) is 16.9 Å². The highest BCUT2D eigenvalue weighted by atomic mass is 32.2. The SMILES string of the molecule is Cc1ccc(NS(=O)(=O)c2cccc(C(=O)Nc3cccc(CO)c3)c2)cc1. The molecule has 0 aliphatic heterocycles. The molecule has 3 aromatic rings. The second kappa shape index (κ2) is 8.24. The number of aliphatic hydroxyl groups is 1. The van der Waals surface area contributed by atoms with Gasteiger partial charge in [-0.2, -0.15) is 0 Å². The zero-order valence-corrected chi connectivity index (χ0v) is 16.0. The van der Waals surface area contributed by atoms with Crippen molar-refractivity contribution < 1.29 is 18.3 Å². The molecule has 0 saturated heterocycles. The van der Waals surface area contributed by atoms with Crippen LogP contribution in [-0.2, 0) is 16.6 Å². The van der Waals surface area contributed by atoms with Crippen LogP contribution in [0.2, 0.25) is 0 Å². The molecule has 3 rings (SSSR count). The second-order valence-corrected chi connectivity index (χ2v) is 7.99. The Bertz CT molecular complexity index is 1090. The lowest BCUT2D eigenvalue weighted by Gasteiger charge is -2.10. The van der Waals surface area contributed by atoms with Gasteiger partial charge in [0.1, 0.15) is 0 Å². The number of carbonyl (C=O) groups excluding carboxylic acids is 1. The first-order chi connectivity index (χ1) is 13.4. The predicted octanol–water partition coefficient (Wildman–Crippen LogP) is 3.54. The van der Waals surface area contributed by atoms with Crippen LogP contribution >= 0.6 is 0 Å². The third-order valence-corrected chi connectivity index (χ3v) is 5.46. The molecule has 0 atom stereocenters. The van der Waals surface area contributed by atoms with Gasteiger partial charge in [-0.15, -0.1) is 0 Å². The van der Waals surface area contributed by atoms with Crippen LogP contribution in [0.4, 0.5) is 11.4 Å². The summed E-state index contributed by atoms with van der Waals surface area (Å²) in [6, 6.07) is 19.6. The van der Waals surface area contributed by atoms with Gasteiger partial charge < -0.3 is 10.4 Å². The minimum Gasteiger partial charge on any atom is -0.392 e. The average molecular weight is 396 g/mol. The van der Waals surface area contributed by atoms with E-state index in [4.69, 9.17) is 0 Å². The van der Waals surface area contributed by atoms with Crippen molar-refractivity contribution in [3.63, 3.8) is 0 Å². The molecule has 0 aromatic heterocycles. The minimum atomic E-state index is -3.83. The summed E-state index contributed by atoms with van der Waals surface area (Å²) in [5, 5.41) is 11.9. The molecule has 0 bridgehead atoms.